The Morgan fingerprint density at radius 1 is 1.04 bits per heavy atom. The van der Waals surface area contributed by atoms with Crippen LogP contribution in [-0.4, -0.2) is 67.3 Å². The summed E-state index contributed by atoms with van der Waals surface area (Å²) in [6.07, 6.45) is -0.998. The predicted molar refractivity (Wildman–Crippen MR) is 170 cm³/mol. The smallest absolute Gasteiger partial charge is 0.405 e. The second-order valence-corrected chi connectivity index (χ2v) is 12.7. The molecule has 1 fully saturated rings. The molecule has 3 amide bonds. The van der Waals surface area contributed by atoms with E-state index in [1.807, 2.05) is 20.8 Å². The first-order valence-corrected chi connectivity index (χ1v) is 16.0. The third-order valence-corrected chi connectivity index (χ3v) is 7.48. The van der Waals surface area contributed by atoms with Crippen molar-refractivity contribution in [3.63, 3.8) is 0 Å². The Kier molecular flexibility index (Phi) is 13.0. The number of oxazole rings is 1. The number of carbonyl (C=O) groups is 3. The minimum Gasteiger partial charge on any atom is -0.490 e. The summed E-state index contributed by atoms with van der Waals surface area (Å²) in [7, 11) is 0. The van der Waals surface area contributed by atoms with Gasteiger partial charge in [0.25, 0.3) is 5.91 Å². The van der Waals surface area contributed by atoms with Gasteiger partial charge < -0.3 is 39.3 Å². The highest BCUT2D eigenvalue weighted by Crippen LogP contribution is 2.38. The molecule has 1 aromatic heterocycles. The van der Waals surface area contributed by atoms with Crippen LogP contribution in [0.15, 0.2) is 40.8 Å². The van der Waals surface area contributed by atoms with Crippen molar-refractivity contribution in [1.82, 2.24) is 15.2 Å². The van der Waals surface area contributed by atoms with E-state index < -0.39 is 41.8 Å². The maximum Gasteiger partial charge on any atom is 0.405 e. The first kappa shape index (κ1) is 38.0. The van der Waals surface area contributed by atoms with Gasteiger partial charge in [0.15, 0.2) is 29.1 Å². The van der Waals surface area contributed by atoms with E-state index in [9.17, 15) is 31.9 Å². The summed E-state index contributed by atoms with van der Waals surface area (Å²) in [5.74, 6) is -3.23. The second-order valence-electron chi connectivity index (χ2n) is 12.7. The van der Waals surface area contributed by atoms with Gasteiger partial charge in [-0.3, -0.25) is 9.59 Å². The number of ether oxygens (including phenoxy) is 4. The largest absolute Gasteiger partial charge is 0.490 e. The Morgan fingerprint density at radius 2 is 1.78 bits per heavy atom. The van der Waals surface area contributed by atoms with Gasteiger partial charge >= 0.3 is 12.7 Å². The Balaban J connectivity index is 1.59. The number of nitrogens with zero attached hydrogens (tertiary/aromatic N) is 2. The summed E-state index contributed by atoms with van der Waals surface area (Å²) in [6.45, 7) is 4.14. The third-order valence-electron chi connectivity index (χ3n) is 7.48. The van der Waals surface area contributed by atoms with Gasteiger partial charge in [0.1, 0.15) is 11.6 Å². The molecule has 3 aromatic rings. The highest BCUT2D eigenvalue weighted by atomic mass is 19.3. The molecular weight excluding hydrogens is 668 g/mol. The first-order chi connectivity index (χ1) is 23.7. The molecule has 3 N–H and O–H groups in total. The molecule has 0 bridgehead atoms. The van der Waals surface area contributed by atoms with Gasteiger partial charge in [0, 0.05) is 43.2 Å². The first-order valence-electron chi connectivity index (χ1n) is 16.0. The van der Waals surface area contributed by atoms with Crippen LogP contribution in [0.2, 0.25) is 0 Å². The van der Waals surface area contributed by atoms with E-state index in [2.05, 4.69) is 15.0 Å². The highest BCUT2D eigenvalue weighted by Gasteiger charge is 2.33. The number of morpholine rings is 1. The Bertz CT molecular complexity index is 1640. The number of hydrogen-bond acceptors (Lipinski definition) is 9. The minimum absolute atomic E-state index is 0.00786. The number of nitrogens with two attached hydrogens (primary N) is 1. The summed E-state index contributed by atoms with van der Waals surface area (Å²) in [6, 6.07) is 6.78. The summed E-state index contributed by atoms with van der Waals surface area (Å²) in [5, 5.41) is 2.51. The molecule has 1 aliphatic rings. The van der Waals surface area contributed by atoms with Gasteiger partial charge in [-0.1, -0.05) is 26.8 Å². The molecular formula is C34H40F4N4O8. The van der Waals surface area contributed by atoms with Crippen LogP contribution in [0.3, 0.4) is 0 Å². The summed E-state index contributed by atoms with van der Waals surface area (Å²) in [5.41, 5.74) is 4.72. The summed E-state index contributed by atoms with van der Waals surface area (Å²) >= 11 is 0. The number of halogens is 4. The molecule has 0 unspecified atom stereocenters. The molecule has 0 saturated carbocycles. The number of unbranched alkanes of at least 4 members (excludes halogenated alkanes) is 1. The Hall–Kier alpha value is -4.86. The van der Waals surface area contributed by atoms with Crippen molar-refractivity contribution in [3.8, 4) is 23.0 Å². The predicted octanol–water partition coefficient (Wildman–Crippen LogP) is 6.13. The van der Waals surface area contributed by atoms with Crippen molar-refractivity contribution in [3.05, 3.63) is 65.1 Å². The molecule has 1 saturated heterocycles. The van der Waals surface area contributed by atoms with Crippen molar-refractivity contribution < 1.29 is 55.3 Å². The van der Waals surface area contributed by atoms with Crippen LogP contribution < -0.4 is 20.5 Å². The second kappa shape index (κ2) is 17.2. The highest BCUT2D eigenvalue weighted by molar-refractivity contribution is 5.94. The van der Waals surface area contributed by atoms with Crippen LogP contribution in [-0.2, 0) is 20.8 Å². The van der Waals surface area contributed by atoms with E-state index in [0.717, 1.165) is 6.07 Å². The maximum absolute atomic E-state index is 14.3. The van der Waals surface area contributed by atoms with Crippen LogP contribution in [0.25, 0.3) is 11.5 Å². The topological polar surface area (TPSA) is 155 Å². The van der Waals surface area contributed by atoms with Crippen molar-refractivity contribution in [2.24, 2.45) is 11.1 Å². The van der Waals surface area contributed by atoms with Crippen molar-refractivity contribution in [1.29, 1.82) is 0 Å². The molecule has 1 atom stereocenters. The van der Waals surface area contributed by atoms with Crippen LogP contribution in [0.4, 0.5) is 22.4 Å². The minimum atomic E-state index is -3.16. The standard InChI is InChI=1S/C34H40F4N4O8/c1-34(2,3)18-26(49-33(39)45)29-28(30(44)40-19-21-7-9-22(35)17-23(21)36)41-31(50-29)20-8-10-24(48-32(37)38)25(16-20)47-13-5-4-6-27(43)42-11-14-46-15-12-42/h7-10,16-17,26,32H,4-6,11-15,18-19H2,1-3H3,(H2,39,45)(H,40,44)/t26-/m0/s1. The number of nitrogens with one attached hydrogen (secondary N) is 1. The SMILES string of the molecule is CC(C)(C)C[C@H](OC(N)=O)c1oc(-c2ccc(OC(F)F)c(OCCCCC(=O)N3CCOCC3)c2)nc1C(=O)NCc1ccc(F)cc1F. The van der Waals surface area contributed by atoms with Gasteiger partial charge in [-0.2, -0.15) is 8.78 Å². The maximum atomic E-state index is 14.3. The zero-order chi connectivity index (χ0) is 36.4. The van der Waals surface area contributed by atoms with E-state index in [1.54, 1.807) is 4.90 Å². The summed E-state index contributed by atoms with van der Waals surface area (Å²) in [4.78, 5) is 43.8. The van der Waals surface area contributed by atoms with Gasteiger partial charge in [0.2, 0.25) is 11.8 Å². The van der Waals surface area contributed by atoms with Crippen LogP contribution in [0, 0.1) is 17.0 Å². The third kappa shape index (κ3) is 11.1. The molecule has 2 heterocycles. The Morgan fingerprint density at radius 3 is 2.44 bits per heavy atom. The lowest BCUT2D eigenvalue weighted by molar-refractivity contribution is -0.135. The number of aromatic nitrogens is 1. The molecule has 0 aliphatic carbocycles. The molecule has 16 heteroatoms. The van der Waals surface area contributed by atoms with Crippen molar-refractivity contribution in [2.45, 2.75) is 65.7 Å². The fourth-order valence-corrected chi connectivity index (χ4v) is 5.12. The zero-order valence-corrected chi connectivity index (χ0v) is 27.9. The van der Waals surface area contributed by atoms with Crippen LogP contribution in [0.5, 0.6) is 11.5 Å². The van der Waals surface area contributed by atoms with E-state index in [4.69, 9.17) is 24.4 Å². The fourth-order valence-electron chi connectivity index (χ4n) is 5.12. The molecule has 0 radical (unpaired) electrons. The summed E-state index contributed by atoms with van der Waals surface area (Å²) < 4.78 is 81.2. The van der Waals surface area contributed by atoms with E-state index in [0.29, 0.717) is 45.2 Å². The molecule has 272 valence electrons. The number of alkyl halides is 2. The van der Waals surface area contributed by atoms with E-state index in [1.165, 1.54) is 24.3 Å². The van der Waals surface area contributed by atoms with Gasteiger partial charge in [-0.25, -0.2) is 18.6 Å². The van der Waals surface area contributed by atoms with Crippen molar-refractivity contribution >= 4 is 17.9 Å². The average Bonchev–Trinajstić information content (AvgIpc) is 3.49. The van der Waals surface area contributed by atoms with Gasteiger partial charge in [0.05, 0.1) is 19.8 Å². The number of hydrogen-bond donors (Lipinski definition) is 2. The molecule has 1 aliphatic heterocycles. The molecule has 12 nitrogen and oxygen atoms in total. The van der Waals surface area contributed by atoms with Gasteiger partial charge in [-0.15, -0.1) is 0 Å². The van der Waals surface area contributed by atoms with Gasteiger partial charge in [-0.05, 0) is 48.9 Å². The number of carbonyl (C=O) groups excluding carboxylic acids is 3. The quantitative estimate of drug-likeness (QED) is 0.140. The number of benzene rings is 2. The van der Waals surface area contributed by atoms with Crippen molar-refractivity contribution in [2.75, 3.05) is 32.9 Å². The monoisotopic (exact) mass is 708 g/mol. The molecule has 2 aromatic carbocycles. The molecule has 50 heavy (non-hydrogen) atoms. The van der Waals surface area contributed by atoms with Crippen LogP contribution in [0.1, 0.15) is 74.4 Å². The average molecular weight is 709 g/mol. The zero-order valence-electron chi connectivity index (χ0n) is 27.9. The lowest BCUT2D eigenvalue weighted by Crippen LogP contribution is -2.40. The van der Waals surface area contributed by atoms with E-state index in [-0.39, 0.29) is 71.9 Å². The number of rotatable bonds is 15. The van der Waals surface area contributed by atoms with Crippen LogP contribution >= 0.6 is 0 Å². The number of amides is 3. The fraction of sp³-hybridized carbons (Fsp3) is 0.471. The normalized spacial score (nSPS) is 14.0. The Labute approximate surface area is 286 Å². The molecule has 0 spiro atoms. The lowest BCUT2D eigenvalue weighted by atomic mass is 9.88. The molecule has 4 rings (SSSR count). The van der Waals surface area contributed by atoms with E-state index >= 15 is 0 Å². The number of primary amides is 1. The lowest BCUT2D eigenvalue weighted by Gasteiger charge is -2.26.